The Morgan fingerprint density at radius 2 is 1.61 bits per heavy atom. The lowest BCUT2D eigenvalue weighted by molar-refractivity contribution is -0.137. The van der Waals surface area contributed by atoms with Crippen molar-refractivity contribution in [1.82, 2.24) is 15.0 Å². The number of carbonyl (C=O) groups excluding carboxylic acids is 1. The number of hydrogen-bond donors (Lipinski definition) is 2. The highest BCUT2D eigenvalue weighted by molar-refractivity contribution is 6.05. The van der Waals surface area contributed by atoms with E-state index in [-0.39, 0.29) is 11.3 Å². The molecular formula is C26H28F3N7O2. The monoisotopic (exact) mass is 527 g/mol. The summed E-state index contributed by atoms with van der Waals surface area (Å²) in [5, 5.41) is 5.77. The summed E-state index contributed by atoms with van der Waals surface area (Å²) in [6.07, 6.45) is -2.35. The number of rotatable bonds is 6. The fourth-order valence-corrected chi connectivity index (χ4v) is 4.37. The molecule has 0 bridgehead atoms. The van der Waals surface area contributed by atoms with Gasteiger partial charge in [-0.2, -0.15) is 28.1 Å². The zero-order valence-corrected chi connectivity index (χ0v) is 20.9. The molecule has 3 heterocycles. The Labute approximate surface area is 218 Å². The molecule has 2 aliphatic heterocycles. The number of anilines is 5. The van der Waals surface area contributed by atoms with Gasteiger partial charge in [0.15, 0.2) is 0 Å². The van der Waals surface area contributed by atoms with Crippen molar-refractivity contribution in [3.63, 3.8) is 0 Å². The van der Waals surface area contributed by atoms with Crippen molar-refractivity contribution in [1.29, 1.82) is 0 Å². The summed E-state index contributed by atoms with van der Waals surface area (Å²) in [7, 11) is 0. The van der Waals surface area contributed by atoms with Crippen molar-refractivity contribution < 1.29 is 22.7 Å². The fourth-order valence-electron chi connectivity index (χ4n) is 4.37. The van der Waals surface area contributed by atoms with Crippen molar-refractivity contribution in [2.75, 3.05) is 59.8 Å². The van der Waals surface area contributed by atoms with Crippen LogP contribution in [0.4, 0.5) is 42.4 Å². The smallest absolute Gasteiger partial charge is 0.378 e. The molecule has 2 aliphatic rings. The number of carbonyl (C=O) groups is 1. The van der Waals surface area contributed by atoms with Crippen LogP contribution in [0.3, 0.4) is 0 Å². The number of alkyl halides is 3. The number of hydrogen-bond acceptors (Lipinski definition) is 8. The number of halogens is 3. The Morgan fingerprint density at radius 1 is 0.921 bits per heavy atom. The molecule has 0 saturated carbocycles. The second kappa shape index (κ2) is 10.8. The molecule has 2 fully saturated rings. The van der Waals surface area contributed by atoms with Gasteiger partial charge in [-0.25, -0.2) is 0 Å². The third-order valence-electron chi connectivity index (χ3n) is 6.49. The predicted octanol–water partition coefficient (Wildman–Crippen LogP) is 4.63. The largest absolute Gasteiger partial charge is 0.416 e. The third kappa shape index (κ3) is 5.96. The van der Waals surface area contributed by atoms with Gasteiger partial charge >= 0.3 is 6.18 Å². The van der Waals surface area contributed by atoms with E-state index in [4.69, 9.17) is 9.72 Å². The molecule has 200 valence electrons. The minimum absolute atomic E-state index is 0.0581. The van der Waals surface area contributed by atoms with E-state index in [9.17, 15) is 18.0 Å². The van der Waals surface area contributed by atoms with Gasteiger partial charge in [-0.15, -0.1) is 0 Å². The van der Waals surface area contributed by atoms with E-state index < -0.39 is 17.6 Å². The lowest BCUT2D eigenvalue weighted by Gasteiger charge is -2.28. The molecule has 1 amide bonds. The first kappa shape index (κ1) is 25.7. The molecule has 2 aromatic carbocycles. The molecule has 0 unspecified atom stereocenters. The molecule has 2 saturated heterocycles. The highest BCUT2D eigenvalue weighted by Gasteiger charge is 2.30. The highest BCUT2D eigenvalue weighted by atomic mass is 19.4. The van der Waals surface area contributed by atoms with Crippen LogP contribution in [0.2, 0.25) is 0 Å². The molecule has 5 rings (SSSR count). The molecule has 0 radical (unpaired) electrons. The third-order valence-corrected chi connectivity index (χ3v) is 6.49. The lowest BCUT2D eigenvalue weighted by Crippen LogP contribution is -2.38. The molecule has 1 aromatic heterocycles. The van der Waals surface area contributed by atoms with Crippen molar-refractivity contribution >= 4 is 35.1 Å². The normalized spacial score (nSPS) is 16.0. The minimum atomic E-state index is -4.50. The van der Waals surface area contributed by atoms with E-state index in [0.29, 0.717) is 49.8 Å². The van der Waals surface area contributed by atoms with Crippen LogP contribution in [0.5, 0.6) is 0 Å². The maximum Gasteiger partial charge on any atom is 0.416 e. The number of nitrogens with zero attached hydrogens (tertiary/aromatic N) is 5. The molecule has 0 atom stereocenters. The Hall–Kier alpha value is -3.93. The van der Waals surface area contributed by atoms with Gasteiger partial charge in [-0.05, 0) is 55.7 Å². The topological polar surface area (TPSA) is 95.5 Å². The van der Waals surface area contributed by atoms with E-state index in [2.05, 4.69) is 30.4 Å². The van der Waals surface area contributed by atoms with Crippen LogP contribution in [-0.2, 0) is 10.9 Å². The first-order valence-electron chi connectivity index (χ1n) is 12.5. The molecule has 38 heavy (non-hydrogen) atoms. The van der Waals surface area contributed by atoms with Crippen molar-refractivity contribution in [3.8, 4) is 0 Å². The number of aryl methyl sites for hydroxylation is 1. The van der Waals surface area contributed by atoms with Crippen LogP contribution in [-0.4, -0.2) is 60.3 Å². The van der Waals surface area contributed by atoms with E-state index in [1.165, 1.54) is 12.1 Å². The first-order chi connectivity index (χ1) is 18.3. The lowest BCUT2D eigenvalue weighted by atomic mass is 10.1. The SMILES string of the molecule is Cc1ccc(C(=O)Nc2cccc(C(F)(F)F)c2)cc1Nc1nc(N2CCCC2)nc(N2CCOCC2)n1. The first-order valence-corrected chi connectivity index (χ1v) is 12.5. The Balaban J connectivity index is 1.39. The second-order valence-electron chi connectivity index (χ2n) is 9.24. The van der Waals surface area contributed by atoms with Crippen LogP contribution in [0, 0.1) is 6.92 Å². The summed E-state index contributed by atoms with van der Waals surface area (Å²) in [6.45, 7) is 6.15. The predicted molar refractivity (Wildman–Crippen MR) is 138 cm³/mol. The molecule has 3 aromatic rings. The maximum absolute atomic E-state index is 13.1. The average molecular weight is 528 g/mol. The summed E-state index contributed by atoms with van der Waals surface area (Å²) >= 11 is 0. The van der Waals surface area contributed by atoms with Gasteiger partial charge in [0, 0.05) is 43.1 Å². The number of morpholine rings is 1. The second-order valence-corrected chi connectivity index (χ2v) is 9.24. The van der Waals surface area contributed by atoms with Crippen LogP contribution < -0.4 is 20.4 Å². The maximum atomic E-state index is 13.1. The summed E-state index contributed by atoms with van der Waals surface area (Å²) in [6, 6.07) is 9.54. The van der Waals surface area contributed by atoms with Crippen molar-refractivity contribution in [2.24, 2.45) is 0 Å². The average Bonchev–Trinajstić information content (AvgIpc) is 3.45. The number of aromatic nitrogens is 3. The van der Waals surface area contributed by atoms with Crippen molar-refractivity contribution in [3.05, 3.63) is 59.2 Å². The van der Waals surface area contributed by atoms with Crippen LogP contribution >= 0.6 is 0 Å². The Kier molecular flexibility index (Phi) is 7.32. The quantitative estimate of drug-likeness (QED) is 0.479. The molecule has 2 N–H and O–H groups in total. The van der Waals surface area contributed by atoms with Gasteiger partial charge in [0.25, 0.3) is 5.91 Å². The van der Waals surface area contributed by atoms with Gasteiger partial charge in [0.2, 0.25) is 17.8 Å². The van der Waals surface area contributed by atoms with Crippen molar-refractivity contribution in [2.45, 2.75) is 25.9 Å². The molecule has 12 heteroatoms. The van der Waals surface area contributed by atoms with Gasteiger partial charge in [-0.1, -0.05) is 12.1 Å². The Morgan fingerprint density at radius 3 is 2.29 bits per heavy atom. The summed E-state index contributed by atoms with van der Waals surface area (Å²) in [4.78, 5) is 31.1. The van der Waals surface area contributed by atoms with E-state index >= 15 is 0 Å². The standard InChI is InChI=1S/C26H28F3N7O2/c1-17-7-8-18(22(37)30-20-6-4-5-19(16-20)26(27,28)29)15-21(17)31-23-32-24(35-9-2-3-10-35)34-25(33-23)36-11-13-38-14-12-36/h4-8,15-16H,2-3,9-14H2,1H3,(H,30,37)(H,31,32,33,34). The van der Waals surface area contributed by atoms with Gasteiger partial charge in [-0.3, -0.25) is 4.79 Å². The van der Waals surface area contributed by atoms with E-state index in [1.54, 1.807) is 18.2 Å². The van der Waals surface area contributed by atoms with E-state index in [1.807, 2.05) is 6.92 Å². The summed E-state index contributed by atoms with van der Waals surface area (Å²) in [5.74, 6) is 0.970. The van der Waals surface area contributed by atoms with Gasteiger partial charge in [0.1, 0.15) is 0 Å². The molecular weight excluding hydrogens is 499 g/mol. The van der Waals surface area contributed by atoms with E-state index in [0.717, 1.165) is 43.6 Å². The minimum Gasteiger partial charge on any atom is -0.378 e. The zero-order valence-electron chi connectivity index (χ0n) is 20.9. The van der Waals surface area contributed by atoms with Crippen LogP contribution in [0.1, 0.15) is 34.3 Å². The molecule has 9 nitrogen and oxygen atoms in total. The number of ether oxygens (including phenoxy) is 1. The van der Waals surface area contributed by atoms with Crippen LogP contribution in [0.25, 0.3) is 0 Å². The number of amides is 1. The van der Waals surface area contributed by atoms with Gasteiger partial charge in [0.05, 0.1) is 18.8 Å². The summed E-state index contributed by atoms with van der Waals surface area (Å²) in [5.41, 5.74) is 0.951. The highest BCUT2D eigenvalue weighted by Crippen LogP contribution is 2.31. The molecule has 0 spiro atoms. The number of benzene rings is 2. The molecule has 0 aliphatic carbocycles. The fraction of sp³-hybridized carbons (Fsp3) is 0.385. The van der Waals surface area contributed by atoms with Crippen LogP contribution in [0.15, 0.2) is 42.5 Å². The summed E-state index contributed by atoms with van der Waals surface area (Å²) < 4.78 is 44.6. The Bertz CT molecular complexity index is 1310. The van der Waals surface area contributed by atoms with Gasteiger partial charge < -0.3 is 25.2 Å². The zero-order chi connectivity index (χ0) is 26.7. The number of nitrogens with one attached hydrogen (secondary N) is 2.